The molecule has 2 heterocycles. The van der Waals surface area contributed by atoms with Crippen LogP contribution in [-0.2, 0) is 10.0 Å². The largest absolute Gasteiger partial charge is 0.467 e. The van der Waals surface area contributed by atoms with E-state index in [1.165, 1.54) is 18.2 Å². The lowest BCUT2D eigenvalue weighted by Crippen LogP contribution is -2.30. The molecular formula is C33H34N4O4S. The molecule has 42 heavy (non-hydrogen) atoms. The predicted octanol–water partition coefficient (Wildman–Crippen LogP) is 6.48. The van der Waals surface area contributed by atoms with Crippen molar-refractivity contribution < 1.29 is 17.9 Å². The first-order chi connectivity index (χ1) is 19.9. The first-order valence-electron chi connectivity index (χ1n) is 13.7. The number of rotatable bonds is 3. The summed E-state index contributed by atoms with van der Waals surface area (Å²) in [4.78, 5) is 22.0. The molecule has 1 atom stereocenters. The van der Waals surface area contributed by atoms with Crippen LogP contribution in [-0.4, -0.2) is 30.8 Å². The molecule has 1 aromatic heterocycles. The molecule has 0 aliphatic carbocycles. The van der Waals surface area contributed by atoms with Crippen molar-refractivity contribution in [3.63, 3.8) is 0 Å². The molecule has 0 spiro atoms. The minimum absolute atomic E-state index is 0.0506. The fourth-order valence-corrected chi connectivity index (χ4v) is 5.68. The van der Waals surface area contributed by atoms with E-state index in [1.54, 1.807) is 12.1 Å². The van der Waals surface area contributed by atoms with E-state index in [9.17, 15) is 13.2 Å². The number of carbonyl (C=O) groups excluding carboxylic acids is 1. The monoisotopic (exact) mass is 582 g/mol. The second kappa shape index (κ2) is 11.4. The Morgan fingerprint density at radius 2 is 1.62 bits per heavy atom. The van der Waals surface area contributed by atoms with Gasteiger partial charge < -0.3 is 10.1 Å². The summed E-state index contributed by atoms with van der Waals surface area (Å²) >= 11 is 0. The molecule has 216 valence electrons. The zero-order chi connectivity index (χ0) is 30.1. The third kappa shape index (κ3) is 6.69. The first kappa shape index (κ1) is 29.0. The number of hydrogen-bond donors (Lipinski definition) is 2. The Kier molecular flexibility index (Phi) is 7.88. The summed E-state index contributed by atoms with van der Waals surface area (Å²) in [6, 6.07) is 21.3. The third-order valence-electron chi connectivity index (χ3n) is 6.87. The fraction of sp³-hybridized carbons (Fsp3) is 0.242. The van der Waals surface area contributed by atoms with Gasteiger partial charge in [0.15, 0.2) is 0 Å². The molecule has 5 rings (SSSR count). The van der Waals surface area contributed by atoms with Crippen molar-refractivity contribution in [2.75, 3.05) is 11.3 Å². The highest BCUT2D eigenvalue weighted by atomic mass is 32.2. The summed E-state index contributed by atoms with van der Waals surface area (Å²) in [7, 11) is -4.10. The second-order valence-corrected chi connectivity index (χ2v) is 13.2. The van der Waals surface area contributed by atoms with Crippen LogP contribution in [0.1, 0.15) is 59.5 Å². The van der Waals surface area contributed by atoms with Crippen molar-refractivity contribution in [1.82, 2.24) is 15.3 Å². The van der Waals surface area contributed by atoms with Crippen molar-refractivity contribution in [1.29, 1.82) is 0 Å². The highest BCUT2D eigenvalue weighted by molar-refractivity contribution is 7.92. The molecule has 0 saturated carbocycles. The molecule has 0 unspecified atom stereocenters. The van der Waals surface area contributed by atoms with Crippen LogP contribution in [0.5, 0.6) is 5.88 Å². The van der Waals surface area contributed by atoms with Gasteiger partial charge in [-0.25, -0.2) is 18.1 Å². The van der Waals surface area contributed by atoms with Crippen LogP contribution in [0.4, 0.5) is 5.95 Å². The summed E-state index contributed by atoms with van der Waals surface area (Å²) in [6.07, 6.45) is 3.59. The van der Waals surface area contributed by atoms with Gasteiger partial charge >= 0.3 is 0 Å². The molecule has 0 fully saturated rings. The maximum Gasteiger partial charge on any atom is 0.264 e. The van der Waals surface area contributed by atoms with Crippen molar-refractivity contribution in [3.05, 3.63) is 107 Å². The summed E-state index contributed by atoms with van der Waals surface area (Å²) in [6.45, 7) is 10.5. The Morgan fingerprint density at radius 3 is 2.31 bits per heavy atom. The first-order valence-corrected chi connectivity index (χ1v) is 15.2. The van der Waals surface area contributed by atoms with Gasteiger partial charge in [-0.05, 0) is 59.7 Å². The number of sulfonamides is 1. The van der Waals surface area contributed by atoms with E-state index in [0.29, 0.717) is 5.69 Å². The Labute approximate surface area is 246 Å². The number of fused-ring (bicyclic) bond motifs is 4. The van der Waals surface area contributed by atoms with Gasteiger partial charge in [-0.2, -0.15) is 4.98 Å². The van der Waals surface area contributed by atoms with E-state index < -0.39 is 22.0 Å². The molecule has 0 saturated heterocycles. The Bertz CT molecular complexity index is 1750. The highest BCUT2D eigenvalue weighted by Gasteiger charge is 2.23. The van der Waals surface area contributed by atoms with E-state index >= 15 is 0 Å². The number of benzene rings is 3. The second-order valence-electron chi connectivity index (χ2n) is 11.5. The number of hydrogen-bond acceptors (Lipinski definition) is 6. The predicted molar refractivity (Wildman–Crippen MR) is 165 cm³/mol. The molecule has 2 N–H and O–H groups in total. The number of anilines is 1. The minimum atomic E-state index is -4.10. The topological polar surface area (TPSA) is 110 Å². The van der Waals surface area contributed by atoms with Crippen molar-refractivity contribution in [2.45, 2.75) is 45.6 Å². The Hall–Kier alpha value is -4.50. The van der Waals surface area contributed by atoms with Gasteiger partial charge in [0.2, 0.25) is 11.8 Å². The number of amides is 1. The summed E-state index contributed by atoms with van der Waals surface area (Å²) in [5, 5.41) is 2.90. The lowest BCUT2D eigenvalue weighted by atomic mass is 9.95. The van der Waals surface area contributed by atoms with Crippen LogP contribution in [0.2, 0.25) is 0 Å². The van der Waals surface area contributed by atoms with Gasteiger partial charge in [0.25, 0.3) is 15.9 Å². The van der Waals surface area contributed by atoms with Crippen LogP contribution >= 0.6 is 0 Å². The van der Waals surface area contributed by atoms with Gasteiger partial charge in [-0.1, -0.05) is 81.5 Å². The minimum Gasteiger partial charge on any atom is -0.467 e. The van der Waals surface area contributed by atoms with Crippen molar-refractivity contribution in [3.8, 4) is 17.1 Å². The van der Waals surface area contributed by atoms with E-state index in [4.69, 9.17) is 4.74 Å². The van der Waals surface area contributed by atoms with Crippen LogP contribution in [0.3, 0.4) is 0 Å². The SMILES string of the molecule is Cc1cccc(C)c1-c1cc2nc(n1)NS(=O)(=O)c1cccc(c1)C(=O)NC[C@@H](c1ccc(/C=C/C(C)(C)C)cc1)O2. The number of carbonyl (C=O) groups is 1. The highest BCUT2D eigenvalue weighted by Crippen LogP contribution is 2.31. The van der Waals surface area contributed by atoms with E-state index in [-0.39, 0.29) is 34.2 Å². The van der Waals surface area contributed by atoms with Gasteiger partial charge in [0.05, 0.1) is 17.1 Å². The third-order valence-corrected chi connectivity index (χ3v) is 8.19. The smallest absolute Gasteiger partial charge is 0.264 e. The molecule has 8 nitrogen and oxygen atoms in total. The lowest BCUT2D eigenvalue weighted by Gasteiger charge is -2.21. The lowest BCUT2D eigenvalue weighted by molar-refractivity contribution is 0.0925. The average molecular weight is 583 g/mol. The maximum atomic E-state index is 13.3. The number of aromatic nitrogens is 2. The standard InChI is InChI=1S/C33H34N4O4S/c1-21-8-6-9-22(2)30(21)27-19-29-36-32(35-27)37-42(39,40)26-11-7-10-25(18-26)31(38)34-20-28(41-29)24-14-12-23(13-15-24)16-17-33(3,4)5/h6-19,28H,20H2,1-5H3,(H,34,38)(H,35,36,37)/b17-16+/t28-/m0/s1. The van der Waals surface area contributed by atoms with Crippen LogP contribution in [0, 0.1) is 19.3 Å². The molecule has 3 aromatic carbocycles. The number of aryl methyl sites for hydroxylation is 2. The normalized spacial score (nSPS) is 16.8. The maximum absolute atomic E-state index is 13.3. The molecule has 4 bridgehead atoms. The Balaban J connectivity index is 1.62. The fourth-order valence-electron chi connectivity index (χ4n) is 4.69. The van der Waals surface area contributed by atoms with Gasteiger partial charge in [0, 0.05) is 17.2 Å². The van der Waals surface area contributed by atoms with Gasteiger partial charge in [0.1, 0.15) is 6.10 Å². The average Bonchev–Trinajstić information content (AvgIpc) is 2.93. The number of ether oxygens (including phenoxy) is 1. The summed E-state index contributed by atoms with van der Waals surface area (Å²) in [5.74, 6) is -0.378. The molecule has 1 aliphatic rings. The zero-order valence-electron chi connectivity index (χ0n) is 24.3. The van der Waals surface area contributed by atoms with Crippen LogP contribution < -0.4 is 14.8 Å². The zero-order valence-corrected chi connectivity index (χ0v) is 25.1. The van der Waals surface area contributed by atoms with Crippen molar-refractivity contribution >= 4 is 28.0 Å². The number of nitrogens with zero attached hydrogens (tertiary/aromatic N) is 2. The van der Waals surface area contributed by atoms with Crippen LogP contribution in [0.15, 0.2) is 83.8 Å². The van der Waals surface area contributed by atoms with Gasteiger partial charge in [-0.3, -0.25) is 4.79 Å². The van der Waals surface area contributed by atoms with E-state index in [2.05, 4.69) is 52.9 Å². The summed E-state index contributed by atoms with van der Waals surface area (Å²) < 4.78 is 35.5. The van der Waals surface area contributed by atoms with Crippen LogP contribution in [0.25, 0.3) is 17.3 Å². The Morgan fingerprint density at radius 1 is 0.929 bits per heavy atom. The van der Waals surface area contributed by atoms with E-state index in [0.717, 1.165) is 27.8 Å². The molecule has 4 aromatic rings. The quantitative estimate of drug-likeness (QED) is 0.286. The molecule has 1 aliphatic heterocycles. The van der Waals surface area contributed by atoms with E-state index in [1.807, 2.05) is 56.3 Å². The number of nitrogens with one attached hydrogen (secondary N) is 2. The van der Waals surface area contributed by atoms with Crippen molar-refractivity contribution in [2.24, 2.45) is 5.41 Å². The summed E-state index contributed by atoms with van der Waals surface area (Å²) in [5.41, 5.74) is 5.44. The molecule has 1 amide bonds. The molecule has 0 radical (unpaired) electrons. The molecule has 9 heteroatoms. The van der Waals surface area contributed by atoms with Gasteiger partial charge in [-0.15, -0.1) is 0 Å². The molecular weight excluding hydrogens is 548 g/mol. The number of allylic oxidation sites excluding steroid dienone is 1.